The third-order valence-electron chi connectivity index (χ3n) is 6.19. The Hall–Kier alpha value is -2.78. The molecule has 3 rings (SSSR count). The zero-order valence-corrected chi connectivity index (χ0v) is 23.4. The van der Waals surface area contributed by atoms with Crippen molar-refractivity contribution < 1.29 is 18.0 Å². The van der Waals surface area contributed by atoms with Gasteiger partial charge in [0.05, 0.1) is 5.56 Å². The number of anilines is 1. The van der Waals surface area contributed by atoms with E-state index in [1.54, 1.807) is 18.2 Å². The minimum atomic E-state index is -4.37. The molecule has 39 heavy (non-hydrogen) atoms. The van der Waals surface area contributed by atoms with E-state index in [1.165, 1.54) is 12.1 Å². The van der Waals surface area contributed by atoms with Crippen LogP contribution in [0.25, 0.3) is 11.1 Å². The van der Waals surface area contributed by atoms with E-state index in [1.807, 2.05) is 38.4 Å². The second-order valence-electron chi connectivity index (χ2n) is 9.58. The maximum atomic E-state index is 12.9. The fourth-order valence-corrected chi connectivity index (χ4v) is 4.65. The van der Waals surface area contributed by atoms with Gasteiger partial charge in [0.25, 0.3) is 0 Å². The number of amides is 2. The molecule has 3 aromatic rings. The van der Waals surface area contributed by atoms with Crippen LogP contribution in [0.1, 0.15) is 29.9 Å². The highest BCUT2D eigenvalue weighted by molar-refractivity contribution is 6.35. The second-order valence-corrected chi connectivity index (χ2v) is 10.5. The average molecular weight is 582 g/mol. The van der Waals surface area contributed by atoms with Gasteiger partial charge in [0.2, 0.25) is 0 Å². The van der Waals surface area contributed by atoms with Crippen molar-refractivity contribution in [2.24, 2.45) is 0 Å². The summed E-state index contributed by atoms with van der Waals surface area (Å²) in [4.78, 5) is 14.7. The summed E-state index contributed by atoms with van der Waals surface area (Å²) in [5.74, 6) is 0.0155. The highest BCUT2D eigenvalue weighted by Gasteiger charge is 2.30. The zero-order valence-electron chi connectivity index (χ0n) is 21.9. The van der Waals surface area contributed by atoms with Crippen molar-refractivity contribution in [1.29, 1.82) is 0 Å². The average Bonchev–Trinajstić information content (AvgIpc) is 2.87. The number of hydrogen-bond acceptors (Lipinski definition) is 3. The highest BCUT2D eigenvalue weighted by Crippen LogP contribution is 2.31. The lowest BCUT2D eigenvalue weighted by Crippen LogP contribution is -2.33. The molecule has 0 aliphatic rings. The van der Waals surface area contributed by atoms with Crippen molar-refractivity contribution in [3.8, 4) is 11.1 Å². The van der Waals surface area contributed by atoms with Gasteiger partial charge < -0.3 is 20.9 Å². The first-order chi connectivity index (χ1) is 18.5. The summed E-state index contributed by atoms with van der Waals surface area (Å²) in [5, 5.41) is 9.98. The van der Waals surface area contributed by atoms with Crippen molar-refractivity contribution in [2.75, 3.05) is 45.6 Å². The maximum Gasteiger partial charge on any atom is 0.416 e. The number of hydrogen-bond donors (Lipinski definition) is 3. The molecule has 1 atom stereocenters. The van der Waals surface area contributed by atoms with E-state index in [0.717, 1.165) is 55.7 Å². The Kier molecular flexibility index (Phi) is 11.5. The van der Waals surface area contributed by atoms with Gasteiger partial charge in [-0.1, -0.05) is 59.6 Å². The summed E-state index contributed by atoms with van der Waals surface area (Å²) in [6.07, 6.45) is -2.55. The lowest BCUT2D eigenvalue weighted by atomic mass is 9.93. The van der Waals surface area contributed by atoms with Gasteiger partial charge in [-0.25, -0.2) is 4.79 Å². The van der Waals surface area contributed by atoms with Crippen LogP contribution >= 0.6 is 23.2 Å². The van der Waals surface area contributed by atoms with Crippen LogP contribution in [0.15, 0.2) is 66.7 Å². The monoisotopic (exact) mass is 580 g/mol. The molecule has 0 fully saturated rings. The fraction of sp³-hybridized carbons (Fsp3) is 0.345. The van der Waals surface area contributed by atoms with E-state index in [2.05, 4.69) is 20.9 Å². The molecule has 0 aliphatic carbocycles. The van der Waals surface area contributed by atoms with Crippen LogP contribution in [-0.2, 0) is 6.18 Å². The van der Waals surface area contributed by atoms with E-state index in [4.69, 9.17) is 23.2 Å². The Bertz CT molecular complexity index is 1180. The van der Waals surface area contributed by atoms with Crippen LogP contribution in [0, 0.1) is 0 Å². The predicted molar refractivity (Wildman–Crippen MR) is 154 cm³/mol. The quantitative estimate of drug-likeness (QED) is 0.194. The van der Waals surface area contributed by atoms with Gasteiger partial charge in [-0.15, -0.1) is 0 Å². The maximum absolute atomic E-state index is 12.9. The zero-order chi connectivity index (χ0) is 28.4. The van der Waals surface area contributed by atoms with Gasteiger partial charge in [-0.2, -0.15) is 13.2 Å². The molecule has 210 valence electrons. The topological polar surface area (TPSA) is 56.4 Å². The number of carbonyl (C=O) groups is 1. The Labute approximate surface area is 237 Å². The second kappa shape index (κ2) is 14.6. The fourth-order valence-electron chi connectivity index (χ4n) is 4.12. The Morgan fingerprint density at radius 1 is 0.897 bits per heavy atom. The predicted octanol–water partition coefficient (Wildman–Crippen LogP) is 7.52. The molecule has 0 heterocycles. The molecule has 2 amide bonds. The minimum absolute atomic E-state index is 0.0155. The molecule has 1 unspecified atom stereocenters. The Balaban J connectivity index is 1.65. The number of urea groups is 1. The van der Waals surface area contributed by atoms with Crippen LogP contribution in [0.4, 0.5) is 23.7 Å². The molecule has 0 saturated heterocycles. The van der Waals surface area contributed by atoms with Crippen molar-refractivity contribution in [3.63, 3.8) is 0 Å². The summed E-state index contributed by atoms with van der Waals surface area (Å²) in [7, 11) is 4.08. The number of carbonyl (C=O) groups excluding carboxylic acids is 1. The normalized spacial score (nSPS) is 12.4. The molecule has 0 radical (unpaired) electrons. The van der Waals surface area contributed by atoms with Crippen molar-refractivity contribution in [2.45, 2.75) is 24.9 Å². The Morgan fingerprint density at radius 3 is 2.05 bits per heavy atom. The smallest absolute Gasteiger partial charge is 0.337 e. The van der Waals surface area contributed by atoms with Crippen LogP contribution in [0.2, 0.25) is 10.0 Å². The van der Waals surface area contributed by atoms with E-state index in [0.29, 0.717) is 27.8 Å². The first-order valence-electron chi connectivity index (χ1n) is 12.7. The van der Waals surface area contributed by atoms with Gasteiger partial charge in [0, 0.05) is 28.2 Å². The van der Waals surface area contributed by atoms with E-state index >= 15 is 0 Å². The highest BCUT2D eigenvalue weighted by atomic mass is 35.5. The first kappa shape index (κ1) is 30.8. The van der Waals surface area contributed by atoms with E-state index in [-0.39, 0.29) is 11.9 Å². The van der Waals surface area contributed by atoms with Crippen molar-refractivity contribution in [1.82, 2.24) is 15.5 Å². The molecule has 0 bridgehead atoms. The summed E-state index contributed by atoms with van der Waals surface area (Å²) < 4.78 is 38.7. The number of nitrogens with one attached hydrogen (secondary N) is 3. The summed E-state index contributed by atoms with van der Waals surface area (Å²) in [5.41, 5.74) is 2.35. The van der Waals surface area contributed by atoms with Gasteiger partial charge in [-0.05, 0) is 93.6 Å². The van der Waals surface area contributed by atoms with Crippen LogP contribution in [0.3, 0.4) is 0 Å². The summed E-state index contributed by atoms with van der Waals surface area (Å²) >= 11 is 12.0. The van der Waals surface area contributed by atoms with Crippen molar-refractivity contribution in [3.05, 3.63) is 87.9 Å². The van der Waals surface area contributed by atoms with Gasteiger partial charge in [-0.3, -0.25) is 0 Å². The molecule has 0 aliphatic heterocycles. The molecular weight excluding hydrogens is 548 g/mol. The third kappa shape index (κ3) is 10.4. The third-order valence-corrected chi connectivity index (χ3v) is 6.62. The van der Waals surface area contributed by atoms with Crippen molar-refractivity contribution >= 4 is 34.9 Å². The summed E-state index contributed by atoms with van der Waals surface area (Å²) in [6.45, 7) is 3.05. The number of halogens is 5. The van der Waals surface area contributed by atoms with Gasteiger partial charge in [0.15, 0.2) is 0 Å². The Morgan fingerprint density at radius 2 is 1.49 bits per heavy atom. The standard InChI is InChI=1S/C29H33Cl2F3N4O/c1-38(2)15-3-13-35-14-12-23(19-36-28(39)37-27-17-25(30)16-26(31)18-27)22-6-4-20(5-7-22)21-8-10-24(11-9-21)29(32,33)34/h4-11,16-18,23,35H,3,12-15,19H2,1-2H3,(H2,36,37,39). The molecule has 3 aromatic carbocycles. The largest absolute Gasteiger partial charge is 0.416 e. The molecule has 10 heteroatoms. The molecule has 0 saturated carbocycles. The minimum Gasteiger partial charge on any atom is -0.337 e. The number of benzene rings is 3. The van der Waals surface area contributed by atoms with Crippen LogP contribution in [0.5, 0.6) is 0 Å². The van der Waals surface area contributed by atoms with E-state index < -0.39 is 11.7 Å². The molecule has 0 aromatic heterocycles. The van der Waals surface area contributed by atoms with Crippen LogP contribution in [-0.4, -0.2) is 51.2 Å². The van der Waals surface area contributed by atoms with E-state index in [9.17, 15) is 18.0 Å². The molecule has 5 nitrogen and oxygen atoms in total. The summed E-state index contributed by atoms with van der Waals surface area (Å²) in [6, 6.07) is 17.3. The lowest BCUT2D eigenvalue weighted by Gasteiger charge is -2.20. The number of nitrogens with zero attached hydrogens (tertiary/aromatic N) is 1. The van der Waals surface area contributed by atoms with Gasteiger partial charge >= 0.3 is 12.2 Å². The van der Waals surface area contributed by atoms with Gasteiger partial charge in [0.1, 0.15) is 0 Å². The molecule has 0 spiro atoms. The first-order valence-corrected chi connectivity index (χ1v) is 13.4. The van der Waals surface area contributed by atoms with Crippen LogP contribution < -0.4 is 16.0 Å². The molecule has 3 N–H and O–H groups in total. The number of alkyl halides is 3. The SMILES string of the molecule is CN(C)CCCNCCC(CNC(=O)Nc1cc(Cl)cc(Cl)c1)c1ccc(-c2ccc(C(F)(F)F)cc2)cc1. The lowest BCUT2D eigenvalue weighted by molar-refractivity contribution is -0.137. The molecular formula is C29H33Cl2F3N4O. The number of rotatable bonds is 12.